The minimum absolute atomic E-state index is 0.297. The smallest absolute Gasteiger partial charge is 0.258 e. The Labute approximate surface area is 150 Å². The van der Waals surface area contributed by atoms with Crippen LogP contribution in [0.3, 0.4) is 0 Å². The summed E-state index contributed by atoms with van der Waals surface area (Å²) in [6.07, 6.45) is 2.67. The Bertz CT molecular complexity index is 1110. The number of aldehydes is 1. The topological polar surface area (TPSA) is 73.8 Å². The molecule has 0 saturated carbocycles. The number of aromatic nitrogens is 4. The summed E-state index contributed by atoms with van der Waals surface area (Å²) in [7, 11) is 0. The Morgan fingerprint density at radius 3 is 2.73 bits per heavy atom. The summed E-state index contributed by atoms with van der Waals surface area (Å²) in [5, 5.41) is 9.56. The van der Waals surface area contributed by atoms with Crippen LogP contribution in [0.4, 0.5) is 0 Å². The van der Waals surface area contributed by atoms with E-state index in [1.807, 2.05) is 48.1 Å². The van der Waals surface area contributed by atoms with E-state index in [1.165, 1.54) is 0 Å². The normalized spacial score (nSPS) is 11.4. The largest absolute Gasteiger partial charge is 0.334 e. The first kappa shape index (κ1) is 16.2. The maximum atomic E-state index is 10.9. The van der Waals surface area contributed by atoms with Crippen molar-refractivity contribution in [2.24, 2.45) is 0 Å². The van der Waals surface area contributed by atoms with Gasteiger partial charge in [-0.25, -0.2) is 0 Å². The molecule has 0 unspecified atom stereocenters. The van der Waals surface area contributed by atoms with E-state index >= 15 is 0 Å². The molecule has 0 N–H and O–H groups in total. The molecule has 2 aromatic carbocycles. The Balaban J connectivity index is 1.72. The second kappa shape index (κ2) is 6.22. The maximum absolute atomic E-state index is 10.9. The minimum atomic E-state index is 0.297. The lowest BCUT2D eigenvalue weighted by molar-refractivity contribution is 0.112. The van der Waals surface area contributed by atoms with Crippen molar-refractivity contribution in [1.29, 1.82) is 0 Å². The van der Waals surface area contributed by atoms with Crippen molar-refractivity contribution in [3.05, 3.63) is 53.7 Å². The zero-order valence-corrected chi connectivity index (χ0v) is 14.8. The number of hydrogen-bond donors (Lipinski definition) is 0. The molecule has 0 aliphatic heterocycles. The Kier molecular flexibility index (Phi) is 3.88. The third-order valence-corrected chi connectivity index (χ3v) is 4.39. The molecule has 130 valence electrons. The summed E-state index contributed by atoms with van der Waals surface area (Å²) >= 11 is 0. The van der Waals surface area contributed by atoms with Crippen molar-refractivity contribution in [3.63, 3.8) is 0 Å². The van der Waals surface area contributed by atoms with Gasteiger partial charge in [0.25, 0.3) is 5.89 Å². The van der Waals surface area contributed by atoms with Crippen LogP contribution in [0.2, 0.25) is 0 Å². The van der Waals surface area contributed by atoms with Crippen molar-refractivity contribution in [1.82, 2.24) is 19.9 Å². The fourth-order valence-corrected chi connectivity index (χ4v) is 3.06. The van der Waals surface area contributed by atoms with E-state index < -0.39 is 0 Å². The second-order valence-corrected chi connectivity index (χ2v) is 6.57. The molecule has 0 atom stereocenters. The van der Waals surface area contributed by atoms with Crippen molar-refractivity contribution >= 4 is 17.2 Å². The molecule has 0 fully saturated rings. The van der Waals surface area contributed by atoms with Gasteiger partial charge in [0, 0.05) is 28.1 Å². The average molecular weight is 346 g/mol. The fraction of sp³-hybridized carbons (Fsp3) is 0.200. The summed E-state index contributed by atoms with van der Waals surface area (Å²) in [5.74, 6) is 0.964. The molecule has 26 heavy (non-hydrogen) atoms. The third-order valence-electron chi connectivity index (χ3n) is 4.39. The van der Waals surface area contributed by atoms with Crippen LogP contribution in [0.5, 0.6) is 0 Å². The monoisotopic (exact) mass is 346 g/mol. The number of hydrogen-bond acceptors (Lipinski definition) is 5. The molecule has 2 aromatic heterocycles. The maximum Gasteiger partial charge on any atom is 0.258 e. The van der Waals surface area contributed by atoms with Gasteiger partial charge in [-0.2, -0.15) is 10.1 Å². The lowest BCUT2D eigenvalue weighted by Gasteiger charge is -2.06. The zero-order chi connectivity index (χ0) is 18.3. The molecule has 0 aliphatic rings. The number of carbonyl (C=O) groups is 1. The molecule has 0 aliphatic carbocycles. The Morgan fingerprint density at radius 2 is 2.00 bits per heavy atom. The van der Waals surface area contributed by atoms with Gasteiger partial charge in [0.1, 0.15) is 6.29 Å². The average Bonchev–Trinajstić information content (AvgIpc) is 3.28. The number of nitrogens with zero attached hydrogens (tertiary/aromatic N) is 4. The Morgan fingerprint density at radius 1 is 1.15 bits per heavy atom. The molecule has 0 saturated heterocycles. The lowest BCUT2D eigenvalue weighted by atomic mass is 10.1. The predicted molar refractivity (Wildman–Crippen MR) is 99.0 cm³/mol. The quantitative estimate of drug-likeness (QED) is 0.510. The molecule has 2 heterocycles. The molecule has 6 heteroatoms. The van der Waals surface area contributed by atoms with Gasteiger partial charge in [0.15, 0.2) is 0 Å². The van der Waals surface area contributed by atoms with Crippen LogP contribution < -0.4 is 0 Å². The van der Waals surface area contributed by atoms with Gasteiger partial charge >= 0.3 is 0 Å². The summed E-state index contributed by atoms with van der Waals surface area (Å²) in [4.78, 5) is 15.4. The molecule has 4 aromatic rings. The van der Waals surface area contributed by atoms with Crippen LogP contribution in [-0.4, -0.2) is 26.2 Å². The summed E-state index contributed by atoms with van der Waals surface area (Å²) < 4.78 is 7.44. The number of carbonyl (C=O) groups excluding carboxylic acids is 1. The van der Waals surface area contributed by atoms with E-state index in [0.717, 1.165) is 33.9 Å². The van der Waals surface area contributed by atoms with Gasteiger partial charge in [0.05, 0.1) is 11.7 Å². The second-order valence-electron chi connectivity index (χ2n) is 6.57. The van der Waals surface area contributed by atoms with E-state index in [9.17, 15) is 4.79 Å². The first-order valence-corrected chi connectivity index (χ1v) is 8.44. The summed E-state index contributed by atoms with van der Waals surface area (Å²) in [6.45, 7) is 6.12. The number of fused-ring (bicyclic) bond motifs is 1. The molecule has 0 radical (unpaired) electrons. The molecule has 0 bridgehead atoms. The van der Waals surface area contributed by atoms with Gasteiger partial charge in [-0.05, 0) is 50.6 Å². The van der Waals surface area contributed by atoms with Crippen LogP contribution >= 0.6 is 0 Å². The van der Waals surface area contributed by atoms with Crippen molar-refractivity contribution in [3.8, 4) is 22.8 Å². The van der Waals surface area contributed by atoms with Crippen LogP contribution in [0.15, 0.2) is 47.1 Å². The molecule has 0 spiro atoms. The first-order chi connectivity index (χ1) is 12.6. The predicted octanol–water partition coefficient (Wildman–Crippen LogP) is 4.46. The highest BCUT2D eigenvalue weighted by Gasteiger charge is 2.14. The first-order valence-electron chi connectivity index (χ1n) is 8.44. The van der Waals surface area contributed by atoms with Crippen LogP contribution in [0.1, 0.15) is 35.8 Å². The number of benzene rings is 2. The number of rotatable bonds is 4. The molecular formula is C20H18N4O2. The summed E-state index contributed by atoms with van der Waals surface area (Å²) in [5.41, 5.74) is 4.32. The number of aryl methyl sites for hydroxylation is 1. The zero-order valence-electron chi connectivity index (χ0n) is 14.8. The van der Waals surface area contributed by atoms with E-state index in [-0.39, 0.29) is 0 Å². The lowest BCUT2D eigenvalue weighted by Crippen LogP contribution is -2.01. The molecule has 6 nitrogen and oxygen atoms in total. The van der Waals surface area contributed by atoms with Crippen molar-refractivity contribution < 1.29 is 9.32 Å². The standard InChI is InChI=1S/C20H18N4O2/c1-12(2)24-18-7-5-15(9-16(18)10-21-24)20-22-19(23-26-20)17-6-4-14(11-25)8-13(17)3/h4-12H,1-3H3. The highest BCUT2D eigenvalue weighted by Crippen LogP contribution is 2.28. The van der Waals surface area contributed by atoms with E-state index in [2.05, 4.69) is 29.1 Å². The van der Waals surface area contributed by atoms with Gasteiger partial charge in [-0.1, -0.05) is 17.3 Å². The molecule has 4 rings (SSSR count). The van der Waals surface area contributed by atoms with Gasteiger partial charge < -0.3 is 4.52 Å². The summed E-state index contributed by atoms with van der Waals surface area (Å²) in [6, 6.07) is 11.7. The van der Waals surface area contributed by atoms with Crippen LogP contribution in [0.25, 0.3) is 33.7 Å². The van der Waals surface area contributed by atoms with E-state index in [0.29, 0.717) is 23.3 Å². The van der Waals surface area contributed by atoms with E-state index in [4.69, 9.17) is 4.52 Å². The molecule has 0 amide bonds. The van der Waals surface area contributed by atoms with Crippen molar-refractivity contribution in [2.75, 3.05) is 0 Å². The van der Waals surface area contributed by atoms with E-state index in [1.54, 1.807) is 6.07 Å². The van der Waals surface area contributed by atoms with Gasteiger partial charge in [0.2, 0.25) is 5.82 Å². The fourth-order valence-electron chi connectivity index (χ4n) is 3.06. The molecular weight excluding hydrogens is 328 g/mol. The Hall–Kier alpha value is -3.28. The van der Waals surface area contributed by atoms with Gasteiger partial charge in [-0.15, -0.1) is 0 Å². The van der Waals surface area contributed by atoms with Gasteiger partial charge in [-0.3, -0.25) is 9.48 Å². The minimum Gasteiger partial charge on any atom is -0.334 e. The third kappa shape index (κ3) is 2.69. The highest BCUT2D eigenvalue weighted by atomic mass is 16.5. The van der Waals surface area contributed by atoms with Crippen molar-refractivity contribution in [2.45, 2.75) is 26.8 Å². The van der Waals surface area contributed by atoms with Crippen LogP contribution in [0, 0.1) is 6.92 Å². The SMILES string of the molecule is Cc1cc(C=O)ccc1-c1noc(-c2ccc3c(cnn3C(C)C)c2)n1. The van der Waals surface area contributed by atoms with Crippen LogP contribution in [-0.2, 0) is 0 Å². The highest BCUT2D eigenvalue weighted by molar-refractivity contribution is 5.83.